The summed E-state index contributed by atoms with van der Waals surface area (Å²) in [6.07, 6.45) is 5.58. The first-order valence-electron chi connectivity index (χ1n) is 13.5. The van der Waals surface area contributed by atoms with Crippen molar-refractivity contribution in [2.24, 2.45) is 0 Å². The van der Waals surface area contributed by atoms with Crippen molar-refractivity contribution < 1.29 is 23.8 Å². The van der Waals surface area contributed by atoms with Gasteiger partial charge in [-0.3, -0.25) is 4.79 Å². The lowest BCUT2D eigenvalue weighted by Gasteiger charge is -2.17. The Morgan fingerprint density at radius 2 is 1.85 bits per heavy atom. The number of phenols is 1. The number of pyridine rings is 1. The van der Waals surface area contributed by atoms with Crippen LogP contribution in [0.5, 0.6) is 17.4 Å². The van der Waals surface area contributed by atoms with Crippen molar-refractivity contribution in [3.63, 3.8) is 0 Å². The van der Waals surface area contributed by atoms with Crippen LogP contribution >= 0.6 is 0 Å². The summed E-state index contributed by atoms with van der Waals surface area (Å²) in [5.41, 5.74) is 5.17. The SMILES string of the molecule is CCOc1ccc(C2=C(c3ccc(OCCNC/C=C/C(=O)N(C)C)cc3)c3ccc(O)cc3CCC2)c(F)n1. The smallest absolute Gasteiger partial charge is 0.245 e. The Morgan fingerprint density at radius 3 is 2.58 bits per heavy atom. The van der Waals surface area contributed by atoms with Crippen LogP contribution in [-0.4, -0.2) is 61.3 Å². The van der Waals surface area contributed by atoms with Gasteiger partial charge in [-0.1, -0.05) is 24.3 Å². The molecule has 0 saturated carbocycles. The van der Waals surface area contributed by atoms with E-state index in [4.69, 9.17) is 9.47 Å². The second kappa shape index (κ2) is 13.8. The Labute approximate surface area is 235 Å². The number of rotatable bonds is 11. The molecular formula is C32H36FN3O4. The van der Waals surface area contributed by atoms with Crippen molar-refractivity contribution in [2.75, 3.05) is 40.4 Å². The fourth-order valence-electron chi connectivity index (χ4n) is 4.70. The number of fused-ring (bicyclic) bond motifs is 1. The number of phenolic OH excluding ortho intramolecular Hbond substituents is 1. The number of allylic oxidation sites excluding steroid dienone is 1. The number of aromatic nitrogens is 1. The molecule has 40 heavy (non-hydrogen) atoms. The molecule has 0 fully saturated rings. The molecule has 3 aromatic rings. The number of likely N-dealkylation sites (N-methyl/N-ethyl adjacent to an activating group) is 1. The molecule has 0 bridgehead atoms. The van der Waals surface area contributed by atoms with E-state index in [2.05, 4.69) is 10.3 Å². The third-order valence-electron chi connectivity index (χ3n) is 6.63. The fraction of sp³-hybridized carbons (Fsp3) is 0.312. The second-order valence-electron chi connectivity index (χ2n) is 9.68. The maximum Gasteiger partial charge on any atom is 0.245 e. The minimum absolute atomic E-state index is 0.0500. The van der Waals surface area contributed by atoms with Gasteiger partial charge in [0.1, 0.15) is 18.1 Å². The predicted molar refractivity (Wildman–Crippen MR) is 155 cm³/mol. The van der Waals surface area contributed by atoms with Crippen molar-refractivity contribution in [2.45, 2.75) is 26.2 Å². The van der Waals surface area contributed by atoms with E-state index in [1.54, 1.807) is 44.4 Å². The lowest BCUT2D eigenvalue weighted by atomic mass is 9.88. The van der Waals surface area contributed by atoms with Gasteiger partial charge < -0.3 is 24.8 Å². The van der Waals surface area contributed by atoms with E-state index in [9.17, 15) is 9.90 Å². The summed E-state index contributed by atoms with van der Waals surface area (Å²) in [5, 5.41) is 13.4. The molecule has 1 aliphatic carbocycles. The van der Waals surface area contributed by atoms with E-state index in [1.807, 2.05) is 37.3 Å². The molecule has 0 saturated heterocycles. The van der Waals surface area contributed by atoms with Crippen LogP contribution in [0.1, 0.15) is 42.0 Å². The van der Waals surface area contributed by atoms with Crippen molar-refractivity contribution in [1.82, 2.24) is 15.2 Å². The van der Waals surface area contributed by atoms with Crippen LogP contribution in [0.15, 0.2) is 66.7 Å². The molecule has 4 rings (SSSR count). The molecule has 8 heteroatoms. The number of hydrogen-bond acceptors (Lipinski definition) is 6. The third-order valence-corrected chi connectivity index (χ3v) is 6.63. The van der Waals surface area contributed by atoms with E-state index in [0.717, 1.165) is 46.4 Å². The third kappa shape index (κ3) is 7.27. The maximum absolute atomic E-state index is 15.3. The van der Waals surface area contributed by atoms with Gasteiger partial charge in [0.2, 0.25) is 17.7 Å². The van der Waals surface area contributed by atoms with E-state index < -0.39 is 5.95 Å². The second-order valence-corrected chi connectivity index (χ2v) is 9.68. The summed E-state index contributed by atoms with van der Waals surface area (Å²) in [6.45, 7) is 3.91. The monoisotopic (exact) mass is 545 g/mol. The Bertz CT molecular complexity index is 1380. The van der Waals surface area contributed by atoms with Gasteiger partial charge in [-0.2, -0.15) is 9.37 Å². The van der Waals surface area contributed by atoms with Crippen LogP contribution in [0, 0.1) is 5.95 Å². The highest BCUT2D eigenvalue weighted by Crippen LogP contribution is 2.41. The van der Waals surface area contributed by atoms with Crippen LogP contribution in [0.2, 0.25) is 0 Å². The van der Waals surface area contributed by atoms with Crippen molar-refractivity contribution in [3.8, 4) is 17.4 Å². The summed E-state index contributed by atoms with van der Waals surface area (Å²) in [6, 6.07) is 16.6. The van der Waals surface area contributed by atoms with Crippen LogP contribution in [0.4, 0.5) is 4.39 Å². The summed E-state index contributed by atoms with van der Waals surface area (Å²) in [4.78, 5) is 17.1. The minimum Gasteiger partial charge on any atom is -0.508 e. The predicted octanol–water partition coefficient (Wildman–Crippen LogP) is 5.23. The first kappa shape index (κ1) is 28.8. The number of ether oxygens (including phenoxy) is 2. The molecule has 0 radical (unpaired) electrons. The van der Waals surface area contributed by atoms with Gasteiger partial charge in [0.05, 0.1) is 6.61 Å². The lowest BCUT2D eigenvalue weighted by Crippen LogP contribution is -2.22. The molecule has 0 aliphatic heterocycles. The zero-order valence-corrected chi connectivity index (χ0v) is 23.2. The van der Waals surface area contributed by atoms with Crippen LogP contribution < -0.4 is 14.8 Å². The number of benzene rings is 2. The molecular weight excluding hydrogens is 509 g/mol. The Hall–Kier alpha value is -4.17. The topological polar surface area (TPSA) is 83.9 Å². The van der Waals surface area contributed by atoms with Gasteiger partial charge in [-0.15, -0.1) is 0 Å². The van der Waals surface area contributed by atoms with Crippen LogP contribution in [0.3, 0.4) is 0 Å². The first-order valence-corrected chi connectivity index (χ1v) is 13.5. The number of nitrogens with one attached hydrogen (secondary N) is 1. The molecule has 2 aromatic carbocycles. The number of carbonyl (C=O) groups is 1. The maximum atomic E-state index is 15.3. The van der Waals surface area contributed by atoms with Gasteiger partial charge in [0, 0.05) is 44.9 Å². The molecule has 1 aliphatic rings. The number of halogens is 1. The molecule has 1 amide bonds. The summed E-state index contributed by atoms with van der Waals surface area (Å²) < 4.78 is 26.6. The standard InChI is InChI=1S/C32H36FN3O4/c1-4-39-29-17-16-28(32(33)35-29)27-8-5-7-23-21-24(37)12-15-26(23)31(27)22-10-13-25(14-11-22)40-20-19-34-18-6-9-30(38)36(2)3/h6,9-17,21,34,37H,4-5,7-8,18-20H2,1-3H3/b9-6+. The van der Waals surface area contributed by atoms with Gasteiger partial charge in [0.25, 0.3) is 0 Å². The van der Waals surface area contributed by atoms with Gasteiger partial charge in [-0.05, 0) is 84.4 Å². The van der Waals surface area contributed by atoms with Crippen molar-refractivity contribution >= 4 is 17.1 Å². The van der Waals surface area contributed by atoms with Crippen molar-refractivity contribution in [1.29, 1.82) is 0 Å². The summed E-state index contributed by atoms with van der Waals surface area (Å²) in [5.74, 6) is 0.589. The zero-order valence-electron chi connectivity index (χ0n) is 23.2. The molecule has 210 valence electrons. The lowest BCUT2D eigenvalue weighted by molar-refractivity contribution is -0.123. The highest BCUT2D eigenvalue weighted by molar-refractivity contribution is 6.00. The van der Waals surface area contributed by atoms with E-state index in [-0.39, 0.29) is 17.5 Å². The average Bonchev–Trinajstić information content (AvgIpc) is 3.12. The largest absolute Gasteiger partial charge is 0.508 e. The van der Waals surface area contributed by atoms with E-state index in [0.29, 0.717) is 38.3 Å². The summed E-state index contributed by atoms with van der Waals surface area (Å²) >= 11 is 0. The van der Waals surface area contributed by atoms with Gasteiger partial charge >= 0.3 is 0 Å². The number of aryl methyl sites for hydroxylation is 1. The Morgan fingerprint density at radius 1 is 1.07 bits per heavy atom. The number of nitrogens with zero attached hydrogens (tertiary/aromatic N) is 2. The summed E-state index contributed by atoms with van der Waals surface area (Å²) in [7, 11) is 3.43. The molecule has 0 atom stereocenters. The molecule has 0 unspecified atom stereocenters. The number of hydrogen-bond donors (Lipinski definition) is 2. The molecule has 0 spiro atoms. The molecule has 7 nitrogen and oxygen atoms in total. The Balaban J connectivity index is 1.55. The van der Waals surface area contributed by atoms with E-state index in [1.165, 1.54) is 11.0 Å². The average molecular weight is 546 g/mol. The highest BCUT2D eigenvalue weighted by atomic mass is 19.1. The van der Waals surface area contributed by atoms with Crippen LogP contribution in [0.25, 0.3) is 11.1 Å². The number of carbonyl (C=O) groups excluding carboxylic acids is 1. The number of aromatic hydroxyl groups is 1. The fourth-order valence-corrected chi connectivity index (χ4v) is 4.70. The first-order chi connectivity index (χ1) is 19.4. The normalized spacial score (nSPS) is 13.2. The van der Waals surface area contributed by atoms with Gasteiger partial charge in [0.15, 0.2) is 0 Å². The minimum atomic E-state index is -0.561. The highest BCUT2D eigenvalue weighted by Gasteiger charge is 2.23. The van der Waals surface area contributed by atoms with Crippen molar-refractivity contribution in [3.05, 3.63) is 95.0 Å². The molecule has 1 heterocycles. The zero-order chi connectivity index (χ0) is 28.5. The van der Waals surface area contributed by atoms with E-state index >= 15 is 4.39 Å². The van der Waals surface area contributed by atoms with Gasteiger partial charge in [-0.25, -0.2) is 0 Å². The Kier molecular flexibility index (Phi) is 9.91. The molecule has 1 aromatic heterocycles. The van der Waals surface area contributed by atoms with Crippen LogP contribution in [-0.2, 0) is 11.2 Å². The number of amides is 1. The quantitative estimate of drug-likeness (QED) is 0.195. The molecule has 2 N–H and O–H groups in total.